The van der Waals surface area contributed by atoms with Crippen molar-refractivity contribution in [3.8, 4) is 5.69 Å². The number of carbonyl (C=O) groups excluding carboxylic acids is 1. The van der Waals surface area contributed by atoms with Crippen molar-refractivity contribution in [1.29, 1.82) is 0 Å². The van der Waals surface area contributed by atoms with Gasteiger partial charge >= 0.3 is 0 Å². The maximum Gasteiger partial charge on any atom is 0.133 e. The number of rotatable bonds is 3. The lowest BCUT2D eigenvalue weighted by molar-refractivity contribution is -0.123. The van der Waals surface area contributed by atoms with Gasteiger partial charge in [0.2, 0.25) is 0 Å². The number of hydrogen-bond acceptors (Lipinski definition) is 3. The van der Waals surface area contributed by atoms with Crippen LogP contribution < -0.4 is 0 Å². The van der Waals surface area contributed by atoms with E-state index in [-0.39, 0.29) is 11.2 Å². The molecule has 0 amide bonds. The zero-order chi connectivity index (χ0) is 22.4. The van der Waals surface area contributed by atoms with Crippen LogP contribution >= 0.6 is 0 Å². The fourth-order valence-electron chi connectivity index (χ4n) is 6.14. The Balaban J connectivity index is 1.52. The van der Waals surface area contributed by atoms with E-state index < -0.39 is 0 Å². The van der Waals surface area contributed by atoms with Crippen molar-refractivity contribution in [3.05, 3.63) is 89.6 Å². The number of pyridine rings is 1. The Morgan fingerprint density at radius 3 is 2.79 bits per heavy atom. The van der Waals surface area contributed by atoms with Gasteiger partial charge < -0.3 is 0 Å². The smallest absolute Gasteiger partial charge is 0.133 e. The first-order valence-electron chi connectivity index (χ1n) is 11.8. The summed E-state index contributed by atoms with van der Waals surface area (Å²) in [6.45, 7) is 0. The molecule has 2 aromatic carbocycles. The predicted octanol–water partition coefficient (Wildman–Crippen LogP) is 5.75. The predicted molar refractivity (Wildman–Crippen MR) is 126 cm³/mol. The molecule has 2 aliphatic carbocycles. The Hall–Kier alpha value is -3.34. The first-order valence-corrected chi connectivity index (χ1v) is 11.8. The third-order valence-corrected chi connectivity index (χ3v) is 7.73. The van der Waals surface area contributed by atoms with Crippen molar-refractivity contribution in [2.75, 3.05) is 0 Å². The summed E-state index contributed by atoms with van der Waals surface area (Å²) in [5, 5.41) is 5.72. The van der Waals surface area contributed by atoms with Gasteiger partial charge in [-0.05, 0) is 97.7 Å². The molecular weight excluding hydrogens is 413 g/mol. The summed E-state index contributed by atoms with van der Waals surface area (Å²) in [5.41, 5.74) is 5.61. The van der Waals surface area contributed by atoms with Gasteiger partial charge in [0, 0.05) is 35.5 Å². The second kappa shape index (κ2) is 7.91. The van der Waals surface area contributed by atoms with E-state index in [9.17, 15) is 9.18 Å². The molecule has 1 fully saturated rings. The molecule has 0 spiro atoms. The maximum absolute atomic E-state index is 13.5. The average Bonchev–Trinajstić information content (AvgIpc) is 3.18. The van der Waals surface area contributed by atoms with Crippen LogP contribution in [0.25, 0.3) is 16.6 Å². The van der Waals surface area contributed by atoms with Crippen molar-refractivity contribution >= 4 is 16.7 Å². The number of fused-ring (bicyclic) bond motifs is 4. The van der Waals surface area contributed by atoms with Crippen LogP contribution in [-0.2, 0) is 23.1 Å². The van der Waals surface area contributed by atoms with Crippen molar-refractivity contribution in [2.24, 2.45) is 5.92 Å². The molecule has 6 rings (SSSR count). The molecular formula is C28H26FN3O. The van der Waals surface area contributed by atoms with E-state index in [0.29, 0.717) is 24.5 Å². The van der Waals surface area contributed by atoms with Gasteiger partial charge in [-0.1, -0.05) is 6.07 Å². The summed E-state index contributed by atoms with van der Waals surface area (Å²) in [5.74, 6) is 0.482. The van der Waals surface area contributed by atoms with Crippen molar-refractivity contribution < 1.29 is 9.18 Å². The van der Waals surface area contributed by atoms with Crippen molar-refractivity contribution in [3.63, 3.8) is 0 Å². The number of aromatic nitrogens is 3. The zero-order valence-corrected chi connectivity index (χ0v) is 18.5. The Labute approximate surface area is 192 Å². The molecule has 5 heteroatoms. The molecule has 0 bridgehead atoms. The first kappa shape index (κ1) is 20.3. The van der Waals surface area contributed by atoms with Crippen LogP contribution in [0.3, 0.4) is 0 Å². The summed E-state index contributed by atoms with van der Waals surface area (Å²) < 4.78 is 15.4. The molecule has 2 aliphatic rings. The highest BCUT2D eigenvalue weighted by Gasteiger charge is 2.46. The van der Waals surface area contributed by atoms with Crippen LogP contribution in [0, 0.1) is 11.7 Å². The summed E-state index contributed by atoms with van der Waals surface area (Å²) in [6.07, 6.45) is 9.93. The number of nitrogens with zero attached hydrogens (tertiary/aromatic N) is 3. The molecule has 4 nitrogen and oxygen atoms in total. The van der Waals surface area contributed by atoms with E-state index in [1.54, 1.807) is 12.1 Å². The van der Waals surface area contributed by atoms with Gasteiger partial charge in [-0.15, -0.1) is 0 Å². The number of carbonyl (C=O) groups is 1. The molecule has 1 saturated carbocycles. The topological polar surface area (TPSA) is 47.8 Å². The number of aryl methyl sites for hydroxylation is 1. The molecule has 2 aromatic heterocycles. The summed E-state index contributed by atoms with van der Waals surface area (Å²) in [7, 11) is 0. The van der Waals surface area contributed by atoms with E-state index in [4.69, 9.17) is 0 Å². The first-order chi connectivity index (χ1) is 16.1. The number of benzene rings is 2. The Bertz CT molecular complexity index is 1330. The van der Waals surface area contributed by atoms with Crippen molar-refractivity contribution in [1.82, 2.24) is 14.8 Å². The molecule has 0 N–H and O–H groups in total. The maximum atomic E-state index is 13.5. The van der Waals surface area contributed by atoms with Gasteiger partial charge in [-0.3, -0.25) is 9.78 Å². The molecule has 33 heavy (non-hydrogen) atoms. The fourth-order valence-corrected chi connectivity index (χ4v) is 6.14. The lowest BCUT2D eigenvalue weighted by Crippen LogP contribution is -2.42. The second-order valence-electron chi connectivity index (χ2n) is 9.59. The molecule has 0 aliphatic heterocycles. The number of hydrogen-bond donors (Lipinski definition) is 0. The van der Waals surface area contributed by atoms with Crippen LogP contribution in [0.2, 0.25) is 0 Å². The zero-order valence-electron chi connectivity index (χ0n) is 18.5. The van der Waals surface area contributed by atoms with E-state index in [1.165, 1.54) is 23.3 Å². The highest BCUT2D eigenvalue weighted by Crippen LogP contribution is 2.51. The molecule has 166 valence electrons. The van der Waals surface area contributed by atoms with Crippen LogP contribution in [0.1, 0.15) is 48.9 Å². The van der Waals surface area contributed by atoms with Crippen LogP contribution in [0.4, 0.5) is 4.39 Å². The standard InChI is InChI=1S/C28H26FN3O/c29-22-7-9-24(10-8-22)32-27-15-19-4-3-5-21-16-25(33)11-12-28(21,17-23-6-1-2-13-30-23)26(19)14-20(27)18-31-32/h1-2,6-10,13-15,18,21H,3-5,11-12,16-17H2/t21-,28-/m1/s1. The lowest BCUT2D eigenvalue weighted by atomic mass is 9.59. The summed E-state index contributed by atoms with van der Waals surface area (Å²) in [6, 6.07) is 17.2. The van der Waals surface area contributed by atoms with Gasteiger partial charge in [0.1, 0.15) is 11.6 Å². The summed E-state index contributed by atoms with van der Waals surface area (Å²) in [4.78, 5) is 17.1. The monoisotopic (exact) mass is 439 g/mol. The molecule has 0 radical (unpaired) electrons. The average molecular weight is 440 g/mol. The fraction of sp³-hybridized carbons (Fsp3) is 0.321. The van der Waals surface area contributed by atoms with E-state index >= 15 is 0 Å². The minimum atomic E-state index is -0.251. The highest BCUT2D eigenvalue weighted by atomic mass is 19.1. The summed E-state index contributed by atoms with van der Waals surface area (Å²) >= 11 is 0. The van der Waals surface area contributed by atoms with E-state index in [2.05, 4.69) is 34.3 Å². The second-order valence-corrected chi connectivity index (χ2v) is 9.59. The third-order valence-electron chi connectivity index (χ3n) is 7.73. The molecule has 2 heterocycles. The van der Waals surface area contributed by atoms with Gasteiger partial charge in [0.25, 0.3) is 0 Å². The molecule has 2 atom stereocenters. The lowest BCUT2D eigenvalue weighted by Gasteiger charge is -2.44. The van der Waals surface area contributed by atoms with E-state index in [0.717, 1.165) is 54.4 Å². The SMILES string of the molecule is O=C1CC[C@]2(Cc3ccccn3)c3cc4cnn(-c5ccc(F)cc5)c4cc3CCC[C@@H]2C1. The van der Waals surface area contributed by atoms with Gasteiger partial charge in [0.05, 0.1) is 17.4 Å². The minimum Gasteiger partial charge on any atom is -0.300 e. The van der Waals surface area contributed by atoms with Crippen molar-refractivity contribution in [2.45, 2.75) is 50.4 Å². The normalized spacial score (nSPS) is 22.6. The van der Waals surface area contributed by atoms with Crippen LogP contribution in [-0.4, -0.2) is 20.5 Å². The van der Waals surface area contributed by atoms with E-state index in [1.807, 2.05) is 23.1 Å². The Kier molecular flexibility index (Phi) is 4.86. The molecule has 0 unspecified atom stereocenters. The largest absolute Gasteiger partial charge is 0.300 e. The van der Waals surface area contributed by atoms with Gasteiger partial charge in [-0.25, -0.2) is 9.07 Å². The molecule has 0 saturated heterocycles. The van der Waals surface area contributed by atoms with Gasteiger partial charge in [-0.2, -0.15) is 5.10 Å². The number of ketones is 1. The number of Topliss-reactive ketones (excluding diaryl/α,β-unsaturated/α-hetero) is 1. The van der Waals surface area contributed by atoms with Gasteiger partial charge in [0.15, 0.2) is 0 Å². The van der Waals surface area contributed by atoms with Crippen LogP contribution in [0.15, 0.2) is 67.0 Å². The number of halogens is 1. The Morgan fingerprint density at radius 1 is 1.09 bits per heavy atom. The van der Waals surface area contributed by atoms with Crippen LogP contribution in [0.5, 0.6) is 0 Å². The third kappa shape index (κ3) is 3.47. The molecule has 4 aromatic rings. The highest BCUT2D eigenvalue weighted by molar-refractivity contribution is 5.84. The minimum absolute atomic E-state index is 0.0831. The Morgan fingerprint density at radius 2 is 1.97 bits per heavy atom. The quantitative estimate of drug-likeness (QED) is 0.409.